The summed E-state index contributed by atoms with van der Waals surface area (Å²) in [6, 6.07) is 7.06. The van der Waals surface area contributed by atoms with Crippen molar-refractivity contribution in [3.63, 3.8) is 0 Å². The SMILES string of the molecule is NNC(=O)c1cc(-c2ccc([N+](=O)[O-])cc2)nc(N)n1. The third-order valence-corrected chi connectivity index (χ3v) is 2.48. The molecular formula is C11H10N6O3. The molecule has 5 N–H and O–H groups in total. The summed E-state index contributed by atoms with van der Waals surface area (Å²) < 4.78 is 0. The molecule has 0 atom stereocenters. The van der Waals surface area contributed by atoms with Crippen molar-refractivity contribution in [3.05, 3.63) is 46.1 Å². The van der Waals surface area contributed by atoms with Crippen LogP contribution in [0.1, 0.15) is 10.5 Å². The highest BCUT2D eigenvalue weighted by Gasteiger charge is 2.12. The fourth-order valence-corrected chi connectivity index (χ4v) is 1.56. The van der Waals surface area contributed by atoms with E-state index < -0.39 is 10.8 Å². The van der Waals surface area contributed by atoms with Crippen molar-refractivity contribution in [2.24, 2.45) is 5.84 Å². The van der Waals surface area contributed by atoms with Crippen LogP contribution in [0, 0.1) is 10.1 Å². The van der Waals surface area contributed by atoms with Gasteiger partial charge in [0.05, 0.1) is 10.6 Å². The maximum atomic E-state index is 11.4. The Labute approximate surface area is 112 Å². The predicted molar refractivity (Wildman–Crippen MR) is 70.2 cm³/mol. The van der Waals surface area contributed by atoms with E-state index in [0.29, 0.717) is 11.3 Å². The molecule has 0 saturated carbocycles. The third kappa shape index (κ3) is 2.67. The number of amides is 1. The summed E-state index contributed by atoms with van der Waals surface area (Å²) >= 11 is 0. The number of nitrogens with zero attached hydrogens (tertiary/aromatic N) is 3. The third-order valence-electron chi connectivity index (χ3n) is 2.48. The summed E-state index contributed by atoms with van der Waals surface area (Å²) in [7, 11) is 0. The van der Waals surface area contributed by atoms with Gasteiger partial charge in [0.1, 0.15) is 5.69 Å². The van der Waals surface area contributed by atoms with Crippen LogP contribution in [0.25, 0.3) is 11.3 Å². The van der Waals surface area contributed by atoms with Crippen molar-refractivity contribution in [1.82, 2.24) is 15.4 Å². The summed E-state index contributed by atoms with van der Waals surface area (Å²) in [4.78, 5) is 29.2. The van der Waals surface area contributed by atoms with Gasteiger partial charge in [0.25, 0.3) is 11.6 Å². The number of non-ortho nitro benzene ring substituents is 1. The van der Waals surface area contributed by atoms with E-state index in [1.54, 1.807) is 0 Å². The minimum Gasteiger partial charge on any atom is -0.368 e. The van der Waals surface area contributed by atoms with Gasteiger partial charge in [-0.3, -0.25) is 20.3 Å². The Balaban J connectivity index is 2.44. The van der Waals surface area contributed by atoms with Crippen LogP contribution in [-0.2, 0) is 0 Å². The van der Waals surface area contributed by atoms with E-state index in [4.69, 9.17) is 11.6 Å². The number of nitro benzene ring substituents is 1. The first-order valence-corrected chi connectivity index (χ1v) is 5.41. The van der Waals surface area contributed by atoms with Gasteiger partial charge >= 0.3 is 0 Å². The molecule has 1 aromatic carbocycles. The van der Waals surface area contributed by atoms with E-state index in [-0.39, 0.29) is 17.3 Å². The molecule has 20 heavy (non-hydrogen) atoms. The van der Waals surface area contributed by atoms with Gasteiger partial charge in [-0.1, -0.05) is 0 Å². The summed E-state index contributed by atoms with van der Waals surface area (Å²) in [6.07, 6.45) is 0. The zero-order chi connectivity index (χ0) is 14.7. The lowest BCUT2D eigenvalue weighted by molar-refractivity contribution is -0.384. The van der Waals surface area contributed by atoms with Crippen molar-refractivity contribution in [1.29, 1.82) is 0 Å². The number of carbonyl (C=O) groups is 1. The van der Waals surface area contributed by atoms with E-state index >= 15 is 0 Å². The number of hydrogen-bond donors (Lipinski definition) is 3. The Bertz CT molecular complexity index is 670. The molecule has 0 unspecified atom stereocenters. The molecule has 0 aliphatic carbocycles. The number of anilines is 1. The number of aromatic nitrogens is 2. The number of hydrazine groups is 1. The molecule has 9 heteroatoms. The standard InChI is InChI=1S/C11H10N6O3/c12-11-14-8(5-9(15-11)10(18)16-13)6-1-3-7(4-2-6)17(19)20/h1-5H,13H2,(H,16,18)(H2,12,14,15). The Morgan fingerprint density at radius 2 is 1.90 bits per heavy atom. The van der Waals surface area contributed by atoms with Gasteiger partial charge in [0.15, 0.2) is 0 Å². The second kappa shape index (κ2) is 5.28. The fraction of sp³-hybridized carbons (Fsp3) is 0. The van der Waals surface area contributed by atoms with Crippen LogP contribution in [-0.4, -0.2) is 20.8 Å². The maximum absolute atomic E-state index is 11.4. The van der Waals surface area contributed by atoms with Crippen molar-refractivity contribution in [2.45, 2.75) is 0 Å². The first-order chi connectivity index (χ1) is 9.51. The van der Waals surface area contributed by atoms with Gasteiger partial charge in [0, 0.05) is 17.7 Å². The summed E-state index contributed by atoms with van der Waals surface area (Å²) in [6.45, 7) is 0. The molecule has 0 saturated heterocycles. The molecule has 0 bridgehead atoms. The topological polar surface area (TPSA) is 150 Å². The van der Waals surface area contributed by atoms with Crippen LogP contribution in [0.5, 0.6) is 0 Å². The highest BCUT2D eigenvalue weighted by molar-refractivity contribution is 5.93. The first-order valence-electron chi connectivity index (χ1n) is 5.41. The normalized spacial score (nSPS) is 10.1. The molecule has 1 aromatic heterocycles. The molecule has 2 aromatic rings. The molecule has 0 radical (unpaired) electrons. The Morgan fingerprint density at radius 1 is 1.25 bits per heavy atom. The van der Waals surface area contributed by atoms with E-state index in [1.807, 2.05) is 5.43 Å². The number of rotatable bonds is 3. The number of nitro groups is 1. The average Bonchev–Trinajstić information content (AvgIpc) is 2.45. The molecule has 9 nitrogen and oxygen atoms in total. The predicted octanol–water partition coefficient (Wildman–Crippen LogP) is 0.237. The zero-order valence-electron chi connectivity index (χ0n) is 10.1. The number of nitrogen functional groups attached to an aromatic ring is 2. The summed E-state index contributed by atoms with van der Waals surface area (Å²) in [5.74, 6) is 4.31. The molecule has 1 amide bonds. The van der Waals surface area contributed by atoms with Crippen LogP contribution in [0.15, 0.2) is 30.3 Å². The summed E-state index contributed by atoms with van der Waals surface area (Å²) in [5, 5.41) is 10.6. The second-order valence-corrected chi connectivity index (χ2v) is 3.77. The van der Waals surface area contributed by atoms with E-state index in [0.717, 1.165) is 0 Å². The van der Waals surface area contributed by atoms with Crippen molar-refractivity contribution in [3.8, 4) is 11.3 Å². The molecule has 0 spiro atoms. The minimum atomic E-state index is -0.609. The second-order valence-electron chi connectivity index (χ2n) is 3.77. The van der Waals surface area contributed by atoms with Crippen LogP contribution in [0.4, 0.5) is 11.6 Å². The smallest absolute Gasteiger partial charge is 0.283 e. The minimum absolute atomic E-state index is 0.00773. The average molecular weight is 274 g/mol. The maximum Gasteiger partial charge on any atom is 0.283 e. The molecule has 0 fully saturated rings. The lowest BCUT2D eigenvalue weighted by atomic mass is 10.1. The van der Waals surface area contributed by atoms with E-state index in [2.05, 4.69) is 9.97 Å². The number of carbonyl (C=O) groups excluding carboxylic acids is 1. The number of benzene rings is 1. The Hall–Kier alpha value is -3.07. The highest BCUT2D eigenvalue weighted by atomic mass is 16.6. The van der Waals surface area contributed by atoms with Crippen LogP contribution in [0.3, 0.4) is 0 Å². The van der Waals surface area contributed by atoms with Gasteiger partial charge in [-0.15, -0.1) is 0 Å². The van der Waals surface area contributed by atoms with Crippen LogP contribution in [0.2, 0.25) is 0 Å². The number of hydrogen-bond acceptors (Lipinski definition) is 7. The summed E-state index contributed by atoms with van der Waals surface area (Å²) in [5.41, 5.74) is 8.35. The first kappa shape index (κ1) is 13.4. The number of nitrogens with two attached hydrogens (primary N) is 2. The Kier molecular flexibility index (Phi) is 3.53. The van der Waals surface area contributed by atoms with Crippen molar-refractivity contribution in [2.75, 3.05) is 5.73 Å². The van der Waals surface area contributed by atoms with E-state index in [1.165, 1.54) is 30.3 Å². The monoisotopic (exact) mass is 274 g/mol. The van der Waals surface area contributed by atoms with Crippen molar-refractivity contribution >= 4 is 17.5 Å². The van der Waals surface area contributed by atoms with E-state index in [9.17, 15) is 14.9 Å². The lowest BCUT2D eigenvalue weighted by Gasteiger charge is -2.05. The molecule has 0 aliphatic heterocycles. The molecule has 1 heterocycles. The van der Waals surface area contributed by atoms with Gasteiger partial charge in [-0.25, -0.2) is 15.8 Å². The molecule has 102 valence electrons. The highest BCUT2D eigenvalue weighted by Crippen LogP contribution is 2.21. The van der Waals surface area contributed by atoms with Gasteiger partial charge in [-0.05, 0) is 18.2 Å². The van der Waals surface area contributed by atoms with Crippen LogP contribution >= 0.6 is 0 Å². The van der Waals surface area contributed by atoms with Gasteiger partial charge < -0.3 is 5.73 Å². The lowest BCUT2D eigenvalue weighted by Crippen LogP contribution is -2.31. The quantitative estimate of drug-likeness (QED) is 0.314. The zero-order valence-corrected chi connectivity index (χ0v) is 10.1. The van der Waals surface area contributed by atoms with Gasteiger partial charge in [-0.2, -0.15) is 0 Å². The number of nitrogens with one attached hydrogen (secondary N) is 1. The fourth-order valence-electron chi connectivity index (χ4n) is 1.56. The van der Waals surface area contributed by atoms with Crippen molar-refractivity contribution < 1.29 is 9.72 Å². The molecule has 2 rings (SSSR count). The van der Waals surface area contributed by atoms with Gasteiger partial charge in [0.2, 0.25) is 5.95 Å². The Morgan fingerprint density at radius 3 is 2.45 bits per heavy atom. The molecule has 0 aliphatic rings. The molecular weight excluding hydrogens is 264 g/mol. The largest absolute Gasteiger partial charge is 0.368 e. The van der Waals surface area contributed by atoms with Crippen LogP contribution < -0.4 is 17.0 Å².